The number of carbonyl (C=O) groups is 1. The van der Waals surface area contributed by atoms with E-state index in [-0.39, 0.29) is 5.91 Å². The Morgan fingerprint density at radius 3 is 2.70 bits per heavy atom. The van der Waals surface area contributed by atoms with Crippen LogP contribution in [0, 0.1) is 0 Å². The van der Waals surface area contributed by atoms with Crippen molar-refractivity contribution in [1.29, 1.82) is 0 Å². The van der Waals surface area contributed by atoms with Crippen molar-refractivity contribution in [3.8, 4) is 0 Å². The number of carbonyl (C=O) groups excluding carboxylic acids is 1. The van der Waals surface area contributed by atoms with E-state index in [1.807, 2.05) is 26.0 Å². The second kappa shape index (κ2) is 5.77. The molecule has 1 aromatic carbocycles. The molecule has 0 fully saturated rings. The molecule has 106 valence electrons. The maximum absolute atomic E-state index is 12.3. The fraction of sp³-hybridized carbons (Fsp3) is 0.333. The van der Waals surface area contributed by atoms with Crippen molar-refractivity contribution in [3.05, 3.63) is 35.5 Å². The summed E-state index contributed by atoms with van der Waals surface area (Å²) in [4.78, 5) is 16.6. The van der Waals surface area contributed by atoms with E-state index in [4.69, 9.17) is 17.3 Å². The van der Waals surface area contributed by atoms with Gasteiger partial charge in [0, 0.05) is 11.6 Å². The minimum absolute atomic E-state index is 0.185. The fourth-order valence-corrected chi connectivity index (χ4v) is 2.28. The number of nitrogens with two attached hydrogens (primary N) is 1. The summed E-state index contributed by atoms with van der Waals surface area (Å²) in [7, 11) is 0. The molecule has 0 bridgehead atoms. The number of pyridine rings is 1. The molecule has 3 N–H and O–H groups in total. The molecule has 1 amide bonds. The number of nitrogens with zero attached hydrogens (tertiary/aromatic N) is 1. The number of halogens is 1. The number of benzene rings is 1. The average molecular weight is 292 g/mol. The van der Waals surface area contributed by atoms with Crippen molar-refractivity contribution in [1.82, 2.24) is 4.98 Å². The molecule has 1 heterocycles. The highest BCUT2D eigenvalue weighted by Crippen LogP contribution is 2.28. The van der Waals surface area contributed by atoms with Crippen LogP contribution in [0.25, 0.3) is 10.9 Å². The first kappa shape index (κ1) is 14.8. The van der Waals surface area contributed by atoms with Crippen LogP contribution in [0.1, 0.15) is 26.7 Å². The molecule has 4 nitrogen and oxygen atoms in total. The third-order valence-corrected chi connectivity index (χ3v) is 3.99. The molecular weight excluding hydrogens is 274 g/mol. The average Bonchev–Trinajstić information content (AvgIpc) is 2.49. The summed E-state index contributed by atoms with van der Waals surface area (Å²) in [6.07, 6.45) is 2.84. The Morgan fingerprint density at radius 1 is 1.35 bits per heavy atom. The first-order valence-electron chi connectivity index (χ1n) is 6.65. The molecule has 20 heavy (non-hydrogen) atoms. The van der Waals surface area contributed by atoms with Crippen LogP contribution in [0.15, 0.2) is 30.5 Å². The standard InChI is InChI=1S/C15H18ClN3O/c1-3-15(17,4-2)14(20)19-12-8-7-11(16)13-10(12)6-5-9-18-13/h5-9H,3-4,17H2,1-2H3,(H,19,20). The van der Waals surface area contributed by atoms with E-state index in [1.165, 1.54) is 0 Å². The van der Waals surface area contributed by atoms with Gasteiger partial charge in [0.05, 0.1) is 21.8 Å². The third kappa shape index (κ3) is 2.62. The number of anilines is 1. The predicted octanol–water partition coefficient (Wildman–Crippen LogP) is 3.34. The summed E-state index contributed by atoms with van der Waals surface area (Å²) in [5.74, 6) is -0.185. The highest BCUT2D eigenvalue weighted by molar-refractivity contribution is 6.35. The van der Waals surface area contributed by atoms with Gasteiger partial charge in [0.25, 0.3) is 0 Å². The topological polar surface area (TPSA) is 68.0 Å². The number of hydrogen-bond donors (Lipinski definition) is 2. The molecule has 5 heteroatoms. The summed E-state index contributed by atoms with van der Waals surface area (Å²) in [6.45, 7) is 3.81. The molecule has 0 aliphatic rings. The lowest BCUT2D eigenvalue weighted by Gasteiger charge is -2.25. The van der Waals surface area contributed by atoms with Gasteiger partial charge in [-0.2, -0.15) is 0 Å². The van der Waals surface area contributed by atoms with Gasteiger partial charge in [-0.05, 0) is 37.1 Å². The van der Waals surface area contributed by atoms with Gasteiger partial charge in [-0.25, -0.2) is 0 Å². The summed E-state index contributed by atoms with van der Waals surface area (Å²) >= 11 is 6.11. The minimum Gasteiger partial charge on any atom is -0.324 e. The van der Waals surface area contributed by atoms with E-state index < -0.39 is 5.54 Å². The van der Waals surface area contributed by atoms with Crippen molar-refractivity contribution in [3.63, 3.8) is 0 Å². The Kier molecular flexibility index (Phi) is 4.26. The van der Waals surface area contributed by atoms with Crippen LogP contribution in [0.4, 0.5) is 5.69 Å². The summed E-state index contributed by atoms with van der Waals surface area (Å²) in [5, 5.41) is 4.26. The zero-order valence-electron chi connectivity index (χ0n) is 11.6. The number of aromatic nitrogens is 1. The molecule has 0 saturated carbocycles. The van der Waals surface area contributed by atoms with E-state index in [1.54, 1.807) is 18.3 Å². The number of hydrogen-bond acceptors (Lipinski definition) is 3. The van der Waals surface area contributed by atoms with E-state index in [0.29, 0.717) is 29.1 Å². The first-order chi connectivity index (χ1) is 9.51. The normalized spacial score (nSPS) is 11.6. The molecule has 0 unspecified atom stereocenters. The van der Waals surface area contributed by atoms with Crippen LogP contribution in [0.3, 0.4) is 0 Å². The fourth-order valence-electron chi connectivity index (χ4n) is 2.07. The lowest BCUT2D eigenvalue weighted by molar-refractivity contribution is -0.121. The van der Waals surface area contributed by atoms with Crippen LogP contribution >= 0.6 is 11.6 Å². The van der Waals surface area contributed by atoms with Crippen LogP contribution in [-0.4, -0.2) is 16.4 Å². The monoisotopic (exact) mass is 291 g/mol. The van der Waals surface area contributed by atoms with Crippen LogP contribution in [-0.2, 0) is 4.79 Å². The van der Waals surface area contributed by atoms with Gasteiger partial charge in [0.15, 0.2) is 0 Å². The largest absolute Gasteiger partial charge is 0.324 e. The molecule has 0 spiro atoms. The first-order valence-corrected chi connectivity index (χ1v) is 7.03. The van der Waals surface area contributed by atoms with E-state index in [2.05, 4.69) is 10.3 Å². The molecule has 0 saturated heterocycles. The van der Waals surface area contributed by atoms with E-state index in [9.17, 15) is 4.79 Å². The molecule has 2 rings (SSSR count). The Balaban J connectivity index is 2.40. The molecule has 1 aromatic heterocycles. The van der Waals surface area contributed by atoms with Crippen molar-refractivity contribution in [2.24, 2.45) is 5.73 Å². The van der Waals surface area contributed by atoms with Gasteiger partial charge in [0.1, 0.15) is 0 Å². The number of fused-ring (bicyclic) bond motifs is 1. The number of rotatable bonds is 4. The molecule has 2 aromatic rings. The van der Waals surface area contributed by atoms with Crippen LogP contribution < -0.4 is 11.1 Å². The molecule has 0 radical (unpaired) electrons. The lowest BCUT2D eigenvalue weighted by atomic mass is 9.93. The summed E-state index contributed by atoms with van der Waals surface area (Å²) in [5.41, 5.74) is 6.60. The lowest BCUT2D eigenvalue weighted by Crippen LogP contribution is -2.50. The van der Waals surface area contributed by atoms with Crippen LogP contribution in [0.5, 0.6) is 0 Å². The van der Waals surface area contributed by atoms with Gasteiger partial charge >= 0.3 is 0 Å². The van der Waals surface area contributed by atoms with Gasteiger partial charge in [-0.15, -0.1) is 0 Å². The second-order valence-corrected chi connectivity index (χ2v) is 5.22. The van der Waals surface area contributed by atoms with Gasteiger partial charge in [0.2, 0.25) is 5.91 Å². The van der Waals surface area contributed by atoms with Gasteiger partial charge in [-0.1, -0.05) is 25.4 Å². The van der Waals surface area contributed by atoms with Crippen molar-refractivity contribution in [2.75, 3.05) is 5.32 Å². The smallest absolute Gasteiger partial charge is 0.244 e. The summed E-state index contributed by atoms with van der Waals surface area (Å²) < 4.78 is 0. The Hall–Kier alpha value is -1.65. The van der Waals surface area contributed by atoms with Crippen molar-refractivity contribution < 1.29 is 4.79 Å². The predicted molar refractivity (Wildman–Crippen MR) is 82.9 cm³/mol. The Bertz CT molecular complexity index is 638. The SMILES string of the molecule is CCC(N)(CC)C(=O)Nc1ccc(Cl)c2ncccc12. The number of amides is 1. The summed E-state index contributed by atoms with van der Waals surface area (Å²) in [6, 6.07) is 7.18. The van der Waals surface area contributed by atoms with Crippen LogP contribution in [0.2, 0.25) is 5.02 Å². The molecule has 0 aliphatic heterocycles. The van der Waals surface area contributed by atoms with Gasteiger partial charge < -0.3 is 11.1 Å². The van der Waals surface area contributed by atoms with Crippen molar-refractivity contribution in [2.45, 2.75) is 32.2 Å². The minimum atomic E-state index is -0.853. The number of nitrogens with one attached hydrogen (secondary N) is 1. The zero-order valence-corrected chi connectivity index (χ0v) is 12.4. The highest BCUT2D eigenvalue weighted by atomic mass is 35.5. The van der Waals surface area contributed by atoms with E-state index in [0.717, 1.165) is 5.39 Å². The quantitative estimate of drug-likeness (QED) is 0.908. The highest BCUT2D eigenvalue weighted by Gasteiger charge is 2.30. The molecule has 0 aliphatic carbocycles. The van der Waals surface area contributed by atoms with Gasteiger partial charge in [-0.3, -0.25) is 9.78 Å². The maximum atomic E-state index is 12.3. The molecular formula is C15H18ClN3O. The Labute approximate surface area is 123 Å². The Morgan fingerprint density at radius 2 is 2.05 bits per heavy atom. The maximum Gasteiger partial charge on any atom is 0.244 e. The zero-order chi connectivity index (χ0) is 14.8. The second-order valence-electron chi connectivity index (χ2n) is 4.81. The van der Waals surface area contributed by atoms with Crippen molar-refractivity contribution >= 4 is 34.1 Å². The third-order valence-electron chi connectivity index (χ3n) is 3.68. The van der Waals surface area contributed by atoms with E-state index >= 15 is 0 Å². The molecule has 0 atom stereocenters.